The van der Waals surface area contributed by atoms with Crippen LogP contribution in [-0.2, 0) is 0 Å². The summed E-state index contributed by atoms with van der Waals surface area (Å²) < 4.78 is 1.20. The molecule has 0 bridgehead atoms. The van der Waals surface area contributed by atoms with Crippen LogP contribution in [0.3, 0.4) is 0 Å². The Balaban J connectivity index is 2.12. The maximum absolute atomic E-state index is 6.43. The summed E-state index contributed by atoms with van der Waals surface area (Å²) in [4.78, 5) is 8.07. The molecule has 0 N–H and O–H groups in total. The molecule has 1 aliphatic heterocycles. The standard InChI is InChI=1S/C16H17ClN4S/c1-8-11-12-9(2)19-20-15(21-6-4-5-7-21)14(12)22-16(11)18-10(3)13(8)17/h4-7H2,1-3H3. The van der Waals surface area contributed by atoms with E-state index in [1.807, 2.05) is 13.8 Å². The van der Waals surface area contributed by atoms with Gasteiger partial charge < -0.3 is 4.90 Å². The van der Waals surface area contributed by atoms with Gasteiger partial charge >= 0.3 is 0 Å². The quantitative estimate of drug-likeness (QED) is 0.661. The van der Waals surface area contributed by atoms with Crippen LogP contribution in [0.4, 0.5) is 5.82 Å². The summed E-state index contributed by atoms with van der Waals surface area (Å²) in [5.41, 5.74) is 2.94. The molecule has 3 aromatic rings. The van der Waals surface area contributed by atoms with Gasteiger partial charge in [0, 0.05) is 23.9 Å². The van der Waals surface area contributed by atoms with E-state index in [1.54, 1.807) is 11.3 Å². The molecule has 0 saturated carbocycles. The van der Waals surface area contributed by atoms with Gasteiger partial charge in [-0.2, -0.15) is 5.10 Å². The number of halogens is 1. The van der Waals surface area contributed by atoms with Crippen molar-refractivity contribution in [3.8, 4) is 0 Å². The Hall–Kier alpha value is -1.46. The number of hydrogen-bond donors (Lipinski definition) is 0. The minimum Gasteiger partial charge on any atom is -0.354 e. The molecule has 22 heavy (non-hydrogen) atoms. The number of thiophene rings is 1. The van der Waals surface area contributed by atoms with Crippen molar-refractivity contribution in [2.45, 2.75) is 33.6 Å². The van der Waals surface area contributed by atoms with Gasteiger partial charge in [0.1, 0.15) is 4.83 Å². The minimum atomic E-state index is 0.756. The second-order valence-electron chi connectivity index (χ2n) is 5.93. The molecular weight excluding hydrogens is 316 g/mol. The number of rotatable bonds is 1. The summed E-state index contributed by atoms with van der Waals surface area (Å²) in [6.45, 7) is 8.17. The normalized spacial score (nSPS) is 15.4. The Labute approximate surface area is 138 Å². The maximum atomic E-state index is 6.43. The SMILES string of the molecule is Cc1nc2sc3c(N4CCCC4)nnc(C)c3c2c(C)c1Cl. The number of aromatic nitrogens is 3. The summed E-state index contributed by atoms with van der Waals surface area (Å²) in [6.07, 6.45) is 2.45. The fourth-order valence-corrected chi connectivity index (χ4v) is 4.77. The van der Waals surface area contributed by atoms with E-state index in [4.69, 9.17) is 16.6 Å². The van der Waals surface area contributed by atoms with Crippen LogP contribution in [0.15, 0.2) is 0 Å². The highest BCUT2D eigenvalue weighted by atomic mass is 35.5. The van der Waals surface area contributed by atoms with Gasteiger partial charge in [-0.05, 0) is 39.2 Å². The van der Waals surface area contributed by atoms with E-state index >= 15 is 0 Å². The summed E-state index contributed by atoms with van der Waals surface area (Å²) >= 11 is 8.14. The molecule has 1 aliphatic rings. The van der Waals surface area contributed by atoms with Gasteiger partial charge in [-0.25, -0.2) is 4.98 Å². The van der Waals surface area contributed by atoms with Crippen molar-refractivity contribution < 1.29 is 0 Å². The van der Waals surface area contributed by atoms with Crippen LogP contribution in [-0.4, -0.2) is 28.3 Å². The lowest BCUT2D eigenvalue weighted by Crippen LogP contribution is -2.19. The van der Waals surface area contributed by atoms with Crippen molar-refractivity contribution in [3.63, 3.8) is 0 Å². The third kappa shape index (κ3) is 1.92. The van der Waals surface area contributed by atoms with Crippen LogP contribution < -0.4 is 4.90 Å². The van der Waals surface area contributed by atoms with Crippen molar-refractivity contribution >= 4 is 49.1 Å². The van der Waals surface area contributed by atoms with Crippen LogP contribution in [0.1, 0.15) is 29.8 Å². The first-order valence-electron chi connectivity index (χ1n) is 7.55. The molecule has 1 saturated heterocycles. The minimum absolute atomic E-state index is 0.756. The lowest BCUT2D eigenvalue weighted by atomic mass is 10.1. The van der Waals surface area contributed by atoms with Crippen molar-refractivity contribution in [1.29, 1.82) is 0 Å². The summed E-state index contributed by atoms with van der Waals surface area (Å²) in [5.74, 6) is 1.01. The topological polar surface area (TPSA) is 41.9 Å². The molecule has 4 rings (SSSR count). The van der Waals surface area contributed by atoms with E-state index in [0.717, 1.165) is 51.1 Å². The largest absolute Gasteiger partial charge is 0.354 e. The predicted molar refractivity (Wildman–Crippen MR) is 93.4 cm³/mol. The van der Waals surface area contributed by atoms with E-state index in [9.17, 15) is 0 Å². The van der Waals surface area contributed by atoms with Crippen LogP contribution >= 0.6 is 22.9 Å². The number of hydrogen-bond acceptors (Lipinski definition) is 5. The Bertz CT molecular complexity index is 896. The first-order chi connectivity index (χ1) is 10.6. The van der Waals surface area contributed by atoms with Gasteiger partial charge in [-0.1, -0.05) is 11.6 Å². The lowest BCUT2D eigenvalue weighted by Gasteiger charge is -2.16. The fourth-order valence-electron chi connectivity index (χ4n) is 3.28. The Kier molecular flexibility index (Phi) is 3.24. The maximum Gasteiger partial charge on any atom is 0.169 e. The fraction of sp³-hybridized carbons (Fsp3) is 0.438. The number of pyridine rings is 1. The Morgan fingerprint density at radius 2 is 1.73 bits per heavy atom. The zero-order valence-electron chi connectivity index (χ0n) is 12.9. The third-order valence-corrected chi connectivity index (χ3v) is 6.08. The number of aryl methyl sites for hydroxylation is 3. The zero-order chi connectivity index (χ0) is 15.4. The molecule has 0 aromatic carbocycles. The van der Waals surface area contributed by atoms with E-state index in [2.05, 4.69) is 22.0 Å². The molecule has 0 radical (unpaired) electrons. The summed E-state index contributed by atoms with van der Waals surface area (Å²) in [5, 5.41) is 12.0. The number of nitrogens with zero attached hydrogens (tertiary/aromatic N) is 4. The molecule has 4 nitrogen and oxygen atoms in total. The molecule has 0 spiro atoms. The average Bonchev–Trinajstić information content (AvgIpc) is 3.13. The number of fused-ring (bicyclic) bond motifs is 3. The van der Waals surface area contributed by atoms with Crippen molar-refractivity contribution in [1.82, 2.24) is 15.2 Å². The monoisotopic (exact) mass is 332 g/mol. The van der Waals surface area contributed by atoms with Crippen LogP contribution in [0.5, 0.6) is 0 Å². The molecule has 114 valence electrons. The van der Waals surface area contributed by atoms with Crippen molar-refractivity contribution in [2.75, 3.05) is 18.0 Å². The second-order valence-corrected chi connectivity index (χ2v) is 7.30. The van der Waals surface area contributed by atoms with E-state index < -0.39 is 0 Å². The molecule has 0 atom stereocenters. The molecule has 6 heteroatoms. The zero-order valence-corrected chi connectivity index (χ0v) is 14.5. The molecule has 1 fully saturated rings. The second kappa shape index (κ2) is 5.03. The van der Waals surface area contributed by atoms with E-state index in [-0.39, 0.29) is 0 Å². The van der Waals surface area contributed by atoms with Crippen LogP contribution in [0, 0.1) is 20.8 Å². The lowest BCUT2D eigenvalue weighted by molar-refractivity contribution is 0.896. The average molecular weight is 333 g/mol. The van der Waals surface area contributed by atoms with E-state index in [1.165, 1.54) is 22.9 Å². The molecule has 0 aliphatic carbocycles. The molecule has 0 unspecified atom stereocenters. The van der Waals surface area contributed by atoms with Gasteiger partial charge in [0.2, 0.25) is 0 Å². The smallest absolute Gasteiger partial charge is 0.169 e. The van der Waals surface area contributed by atoms with Gasteiger partial charge in [0.25, 0.3) is 0 Å². The highest BCUT2D eigenvalue weighted by Gasteiger charge is 2.23. The molecular formula is C16H17ClN4S. The van der Waals surface area contributed by atoms with Gasteiger partial charge in [-0.3, -0.25) is 0 Å². The highest BCUT2D eigenvalue weighted by Crippen LogP contribution is 2.42. The molecule has 4 heterocycles. The van der Waals surface area contributed by atoms with Crippen LogP contribution in [0.2, 0.25) is 5.02 Å². The summed E-state index contributed by atoms with van der Waals surface area (Å²) in [7, 11) is 0. The molecule has 0 amide bonds. The summed E-state index contributed by atoms with van der Waals surface area (Å²) in [6, 6.07) is 0. The first kappa shape index (κ1) is 14.2. The molecule has 3 aromatic heterocycles. The number of anilines is 1. The Morgan fingerprint density at radius 3 is 2.45 bits per heavy atom. The van der Waals surface area contributed by atoms with Gasteiger partial charge in [0.05, 0.1) is 21.1 Å². The van der Waals surface area contributed by atoms with E-state index in [0.29, 0.717) is 0 Å². The van der Waals surface area contributed by atoms with Crippen molar-refractivity contribution in [2.24, 2.45) is 0 Å². The van der Waals surface area contributed by atoms with Crippen LogP contribution in [0.25, 0.3) is 20.3 Å². The first-order valence-corrected chi connectivity index (χ1v) is 8.74. The Morgan fingerprint density at radius 1 is 1.00 bits per heavy atom. The predicted octanol–water partition coefficient (Wildman–Crippen LogP) is 4.42. The third-order valence-electron chi connectivity index (χ3n) is 4.45. The highest BCUT2D eigenvalue weighted by molar-refractivity contribution is 7.26. The van der Waals surface area contributed by atoms with Crippen molar-refractivity contribution in [3.05, 3.63) is 22.0 Å². The van der Waals surface area contributed by atoms with Gasteiger partial charge in [0.15, 0.2) is 5.82 Å². The van der Waals surface area contributed by atoms with Gasteiger partial charge in [-0.15, -0.1) is 16.4 Å².